The van der Waals surface area contributed by atoms with Gasteiger partial charge in [-0.15, -0.1) is 0 Å². The van der Waals surface area contributed by atoms with Gasteiger partial charge in [-0.3, -0.25) is 0 Å². The number of methoxy groups -OCH3 is 1. The van der Waals surface area contributed by atoms with E-state index in [9.17, 15) is 0 Å². The van der Waals surface area contributed by atoms with Gasteiger partial charge in [0.05, 0.1) is 18.7 Å². The van der Waals surface area contributed by atoms with Gasteiger partial charge in [-0.1, -0.05) is 13.8 Å². The lowest BCUT2D eigenvalue weighted by molar-refractivity contribution is 0.287. The molecule has 1 aromatic carbocycles. The molecule has 0 saturated heterocycles. The van der Waals surface area contributed by atoms with Gasteiger partial charge in [-0.25, -0.2) is 0 Å². The summed E-state index contributed by atoms with van der Waals surface area (Å²) in [4.78, 5) is 2.43. The quantitative estimate of drug-likeness (QED) is 0.703. The minimum Gasteiger partial charge on any atom is -0.496 e. The molecule has 0 radical (unpaired) electrons. The highest BCUT2D eigenvalue weighted by molar-refractivity contribution is 5.41. The van der Waals surface area contributed by atoms with E-state index in [0.717, 1.165) is 44.0 Å². The summed E-state index contributed by atoms with van der Waals surface area (Å²) < 4.78 is 5.32. The molecule has 0 aliphatic heterocycles. The van der Waals surface area contributed by atoms with Crippen LogP contribution in [0.1, 0.15) is 31.4 Å². The summed E-state index contributed by atoms with van der Waals surface area (Å²) in [6, 6.07) is 7.68. The molecule has 0 saturated carbocycles. The van der Waals surface area contributed by atoms with Crippen molar-refractivity contribution in [3.8, 4) is 11.8 Å². The number of nitrogens with zero attached hydrogens (tertiary/aromatic N) is 2. The number of hydrogen-bond donors (Lipinski definition) is 1. The van der Waals surface area contributed by atoms with Crippen LogP contribution in [-0.2, 0) is 6.54 Å². The summed E-state index contributed by atoms with van der Waals surface area (Å²) in [7, 11) is 1.66. The summed E-state index contributed by atoms with van der Waals surface area (Å²) in [5.41, 5.74) is 1.70. The number of likely N-dealkylation sites (N-methyl/N-ethyl adjacent to an activating group) is 1. The Hall–Kier alpha value is -1.57. The molecule has 1 rings (SSSR count). The van der Waals surface area contributed by atoms with Crippen LogP contribution >= 0.6 is 0 Å². The summed E-state index contributed by atoms with van der Waals surface area (Å²) >= 11 is 0. The van der Waals surface area contributed by atoms with Crippen molar-refractivity contribution >= 4 is 0 Å². The average molecular weight is 275 g/mol. The number of benzene rings is 1. The number of rotatable bonds is 9. The minimum atomic E-state index is 0.670. The van der Waals surface area contributed by atoms with Crippen molar-refractivity contribution in [1.82, 2.24) is 10.2 Å². The molecule has 0 heterocycles. The van der Waals surface area contributed by atoms with Gasteiger partial charge in [0.25, 0.3) is 0 Å². The van der Waals surface area contributed by atoms with Gasteiger partial charge in [0.2, 0.25) is 0 Å². The Morgan fingerprint density at radius 2 is 2.10 bits per heavy atom. The zero-order valence-electron chi connectivity index (χ0n) is 12.8. The van der Waals surface area contributed by atoms with Gasteiger partial charge >= 0.3 is 0 Å². The van der Waals surface area contributed by atoms with E-state index in [1.54, 1.807) is 13.2 Å². The molecule has 20 heavy (non-hydrogen) atoms. The highest BCUT2D eigenvalue weighted by Crippen LogP contribution is 2.19. The summed E-state index contributed by atoms with van der Waals surface area (Å²) in [6.07, 6.45) is 1.19. The molecular weight excluding hydrogens is 250 g/mol. The highest BCUT2D eigenvalue weighted by atomic mass is 16.5. The van der Waals surface area contributed by atoms with E-state index in [4.69, 9.17) is 10.00 Å². The Kier molecular flexibility index (Phi) is 7.71. The fourth-order valence-electron chi connectivity index (χ4n) is 2.19. The van der Waals surface area contributed by atoms with Gasteiger partial charge in [-0.2, -0.15) is 5.26 Å². The van der Waals surface area contributed by atoms with Crippen molar-refractivity contribution < 1.29 is 4.74 Å². The summed E-state index contributed by atoms with van der Waals surface area (Å²) in [5.74, 6) is 0.831. The second-order valence-electron chi connectivity index (χ2n) is 4.75. The first kappa shape index (κ1) is 16.5. The highest BCUT2D eigenvalue weighted by Gasteiger charge is 2.05. The number of nitrogens with one attached hydrogen (secondary N) is 1. The van der Waals surface area contributed by atoms with Gasteiger partial charge in [-0.05, 0) is 37.7 Å². The summed E-state index contributed by atoms with van der Waals surface area (Å²) in [5, 5.41) is 12.4. The molecule has 0 bridgehead atoms. The number of ether oxygens (including phenoxy) is 1. The van der Waals surface area contributed by atoms with Crippen LogP contribution in [0.3, 0.4) is 0 Å². The molecule has 0 spiro atoms. The molecule has 4 heteroatoms. The topological polar surface area (TPSA) is 48.3 Å². The minimum absolute atomic E-state index is 0.670. The third kappa shape index (κ3) is 5.20. The summed E-state index contributed by atoms with van der Waals surface area (Å²) in [6.45, 7) is 9.33. The Balaban J connectivity index is 2.47. The molecule has 0 aliphatic carbocycles. The predicted octanol–water partition coefficient (Wildman–Crippen LogP) is 2.39. The van der Waals surface area contributed by atoms with Crippen molar-refractivity contribution in [2.24, 2.45) is 0 Å². The fraction of sp³-hybridized carbons (Fsp3) is 0.562. The monoisotopic (exact) mass is 275 g/mol. The first-order valence-corrected chi connectivity index (χ1v) is 7.25. The van der Waals surface area contributed by atoms with Crippen LogP contribution in [0.2, 0.25) is 0 Å². The second-order valence-corrected chi connectivity index (χ2v) is 4.75. The Morgan fingerprint density at radius 3 is 2.70 bits per heavy atom. The van der Waals surface area contributed by atoms with Crippen molar-refractivity contribution in [2.45, 2.75) is 26.8 Å². The Bertz CT molecular complexity index is 440. The van der Waals surface area contributed by atoms with Crippen LogP contribution in [0.5, 0.6) is 5.75 Å². The van der Waals surface area contributed by atoms with E-state index >= 15 is 0 Å². The van der Waals surface area contributed by atoms with E-state index in [1.165, 1.54) is 6.42 Å². The molecular formula is C16H25N3O. The van der Waals surface area contributed by atoms with E-state index < -0.39 is 0 Å². The lowest BCUT2D eigenvalue weighted by Crippen LogP contribution is -2.32. The van der Waals surface area contributed by atoms with E-state index in [2.05, 4.69) is 30.1 Å². The molecule has 0 aliphatic rings. The molecule has 1 N–H and O–H groups in total. The number of hydrogen-bond acceptors (Lipinski definition) is 4. The first-order chi connectivity index (χ1) is 9.74. The normalized spacial score (nSPS) is 10.6. The molecule has 0 unspecified atom stereocenters. The van der Waals surface area contributed by atoms with Crippen LogP contribution in [-0.4, -0.2) is 38.2 Å². The first-order valence-electron chi connectivity index (χ1n) is 7.25. The van der Waals surface area contributed by atoms with Crippen LogP contribution in [0.4, 0.5) is 0 Å². The number of nitriles is 1. The SMILES string of the molecule is CCCN(CC)CCNCc1cc(C#N)ccc1OC. The smallest absolute Gasteiger partial charge is 0.123 e. The van der Waals surface area contributed by atoms with Gasteiger partial charge in [0, 0.05) is 25.2 Å². The molecule has 4 nitrogen and oxygen atoms in total. The lowest BCUT2D eigenvalue weighted by Gasteiger charge is -2.19. The average Bonchev–Trinajstić information content (AvgIpc) is 2.50. The van der Waals surface area contributed by atoms with Crippen LogP contribution < -0.4 is 10.1 Å². The van der Waals surface area contributed by atoms with E-state index in [-0.39, 0.29) is 0 Å². The largest absolute Gasteiger partial charge is 0.496 e. The maximum Gasteiger partial charge on any atom is 0.123 e. The van der Waals surface area contributed by atoms with Crippen LogP contribution in [0, 0.1) is 11.3 Å². The van der Waals surface area contributed by atoms with Crippen LogP contribution in [0.25, 0.3) is 0 Å². The van der Waals surface area contributed by atoms with Crippen LogP contribution in [0.15, 0.2) is 18.2 Å². The van der Waals surface area contributed by atoms with Crippen molar-refractivity contribution in [1.29, 1.82) is 5.26 Å². The lowest BCUT2D eigenvalue weighted by atomic mass is 10.1. The van der Waals surface area contributed by atoms with Crippen molar-refractivity contribution in [3.05, 3.63) is 29.3 Å². The van der Waals surface area contributed by atoms with Gasteiger partial charge < -0.3 is 15.0 Å². The van der Waals surface area contributed by atoms with E-state index in [0.29, 0.717) is 5.56 Å². The third-order valence-corrected chi connectivity index (χ3v) is 3.32. The Morgan fingerprint density at radius 1 is 1.30 bits per heavy atom. The molecule has 1 aromatic rings. The Labute approximate surface area is 122 Å². The zero-order chi connectivity index (χ0) is 14.8. The van der Waals surface area contributed by atoms with Gasteiger partial charge in [0.15, 0.2) is 0 Å². The van der Waals surface area contributed by atoms with Crippen molar-refractivity contribution in [3.63, 3.8) is 0 Å². The molecule has 110 valence electrons. The molecule has 0 aromatic heterocycles. The third-order valence-electron chi connectivity index (χ3n) is 3.32. The molecule has 0 amide bonds. The molecule has 0 atom stereocenters. The zero-order valence-corrected chi connectivity index (χ0v) is 12.8. The van der Waals surface area contributed by atoms with Crippen molar-refractivity contribution in [2.75, 3.05) is 33.3 Å². The predicted molar refractivity (Wildman–Crippen MR) is 81.8 cm³/mol. The van der Waals surface area contributed by atoms with E-state index in [1.807, 2.05) is 12.1 Å². The maximum absolute atomic E-state index is 8.94. The maximum atomic E-state index is 8.94. The molecule has 0 fully saturated rings. The second kappa shape index (κ2) is 9.35. The standard InChI is InChI=1S/C16H25N3O/c1-4-9-19(5-2)10-8-18-13-15-11-14(12-17)6-7-16(15)20-3/h6-7,11,18H,4-5,8-10,13H2,1-3H3. The fourth-order valence-corrected chi connectivity index (χ4v) is 2.19. The van der Waals surface area contributed by atoms with Gasteiger partial charge in [0.1, 0.15) is 5.75 Å².